The third-order valence-corrected chi connectivity index (χ3v) is 2.28. The van der Waals surface area contributed by atoms with Crippen LogP contribution in [0.1, 0.15) is 6.42 Å². The van der Waals surface area contributed by atoms with E-state index in [1.807, 2.05) is 18.2 Å². The number of allylic oxidation sites excluding steroid dienone is 4. The van der Waals surface area contributed by atoms with Gasteiger partial charge in [0.25, 0.3) is 0 Å². The van der Waals surface area contributed by atoms with Crippen molar-refractivity contribution in [1.82, 2.24) is 0 Å². The van der Waals surface area contributed by atoms with Crippen LogP contribution in [0.25, 0.3) is 0 Å². The molecule has 1 aliphatic carbocycles. The summed E-state index contributed by atoms with van der Waals surface area (Å²) in [5.41, 5.74) is 0. The molecule has 0 N–H and O–H groups in total. The molecule has 2 atom stereocenters. The van der Waals surface area contributed by atoms with E-state index < -0.39 is 0 Å². The highest BCUT2D eigenvalue weighted by molar-refractivity contribution is 5.59. The van der Waals surface area contributed by atoms with Crippen LogP contribution >= 0.6 is 0 Å². The van der Waals surface area contributed by atoms with Crippen molar-refractivity contribution in [1.29, 1.82) is 0 Å². The summed E-state index contributed by atoms with van der Waals surface area (Å²) in [6.45, 7) is 0.766. The maximum Gasteiger partial charge on any atom is 0.127 e. The maximum atomic E-state index is 10.6. The summed E-state index contributed by atoms with van der Waals surface area (Å²) in [7, 11) is 0. The summed E-state index contributed by atoms with van der Waals surface area (Å²) in [6.07, 6.45) is 7.78. The van der Waals surface area contributed by atoms with Crippen molar-refractivity contribution < 1.29 is 9.53 Å². The van der Waals surface area contributed by atoms with Gasteiger partial charge in [-0.2, -0.15) is 0 Å². The summed E-state index contributed by atoms with van der Waals surface area (Å²) in [4.78, 5) is 10.6. The van der Waals surface area contributed by atoms with Gasteiger partial charge >= 0.3 is 0 Å². The van der Waals surface area contributed by atoms with E-state index >= 15 is 0 Å². The molecule has 2 aliphatic rings. The number of aldehydes is 1. The Balaban J connectivity index is 2.24. The van der Waals surface area contributed by atoms with Gasteiger partial charge in [-0.05, 0) is 12.5 Å². The molecule has 2 rings (SSSR count). The number of hydrogen-bond acceptors (Lipinski definition) is 2. The van der Waals surface area contributed by atoms with Crippen molar-refractivity contribution in [3.8, 4) is 0 Å². The summed E-state index contributed by atoms with van der Waals surface area (Å²) in [5.74, 6) is 1.37. The van der Waals surface area contributed by atoms with Crippen LogP contribution in [0.2, 0.25) is 0 Å². The fourth-order valence-corrected chi connectivity index (χ4v) is 1.66. The molecule has 0 aromatic carbocycles. The van der Waals surface area contributed by atoms with E-state index in [1.54, 1.807) is 0 Å². The van der Waals surface area contributed by atoms with Crippen LogP contribution in [-0.4, -0.2) is 12.9 Å². The fraction of sp³-hybridized carbons (Fsp3) is 0.444. The quantitative estimate of drug-likeness (QED) is 0.526. The molecule has 0 aromatic rings. The summed E-state index contributed by atoms with van der Waals surface area (Å²) < 4.78 is 5.34. The van der Waals surface area contributed by atoms with E-state index in [2.05, 4.69) is 0 Å². The van der Waals surface area contributed by atoms with E-state index in [4.69, 9.17) is 4.74 Å². The van der Waals surface area contributed by atoms with Gasteiger partial charge in [0.1, 0.15) is 12.0 Å². The minimum absolute atomic E-state index is 0.0532. The van der Waals surface area contributed by atoms with Gasteiger partial charge in [-0.25, -0.2) is 0 Å². The van der Waals surface area contributed by atoms with Crippen LogP contribution in [0.3, 0.4) is 0 Å². The highest BCUT2D eigenvalue weighted by Gasteiger charge is 2.30. The first-order valence-electron chi connectivity index (χ1n) is 3.88. The lowest BCUT2D eigenvalue weighted by molar-refractivity contribution is -0.110. The second kappa shape index (κ2) is 2.53. The molecule has 0 radical (unpaired) electrons. The third-order valence-electron chi connectivity index (χ3n) is 2.28. The SMILES string of the molecule is O=CC1C=CC=C2OCCC21. The first-order chi connectivity index (χ1) is 5.42. The van der Waals surface area contributed by atoms with Gasteiger partial charge in [-0.15, -0.1) is 0 Å². The van der Waals surface area contributed by atoms with Crippen molar-refractivity contribution in [2.24, 2.45) is 11.8 Å². The van der Waals surface area contributed by atoms with Crippen LogP contribution in [0.4, 0.5) is 0 Å². The summed E-state index contributed by atoms with van der Waals surface area (Å²) in [6, 6.07) is 0. The first kappa shape index (κ1) is 6.65. The van der Waals surface area contributed by atoms with Crippen molar-refractivity contribution in [2.75, 3.05) is 6.61 Å². The normalized spacial score (nSPS) is 34.0. The average molecular weight is 150 g/mol. The minimum atomic E-state index is 0.0532. The summed E-state index contributed by atoms with van der Waals surface area (Å²) >= 11 is 0. The number of fused-ring (bicyclic) bond motifs is 1. The number of hydrogen-bond donors (Lipinski definition) is 0. The lowest BCUT2D eigenvalue weighted by Gasteiger charge is -2.16. The molecule has 1 aliphatic heterocycles. The van der Waals surface area contributed by atoms with Crippen molar-refractivity contribution in [2.45, 2.75) is 6.42 Å². The van der Waals surface area contributed by atoms with E-state index in [0.29, 0.717) is 5.92 Å². The van der Waals surface area contributed by atoms with Crippen LogP contribution < -0.4 is 0 Å². The number of rotatable bonds is 1. The van der Waals surface area contributed by atoms with Crippen molar-refractivity contribution in [3.63, 3.8) is 0 Å². The lowest BCUT2D eigenvalue weighted by Crippen LogP contribution is -2.14. The van der Waals surface area contributed by atoms with Crippen LogP contribution in [0, 0.1) is 11.8 Å². The van der Waals surface area contributed by atoms with Crippen molar-refractivity contribution >= 4 is 6.29 Å². The third kappa shape index (κ3) is 0.985. The standard InChI is InChI=1S/C9H10O2/c10-6-7-2-1-3-9-8(7)4-5-11-9/h1-3,6-8H,4-5H2. The molecule has 2 unspecified atom stereocenters. The van der Waals surface area contributed by atoms with Crippen molar-refractivity contribution in [3.05, 3.63) is 24.0 Å². The van der Waals surface area contributed by atoms with Gasteiger partial charge in [0.15, 0.2) is 0 Å². The molecule has 2 heteroatoms. The first-order valence-corrected chi connectivity index (χ1v) is 3.88. The molecule has 0 spiro atoms. The highest BCUT2D eigenvalue weighted by Crippen LogP contribution is 2.33. The van der Waals surface area contributed by atoms with Gasteiger partial charge < -0.3 is 9.53 Å². The highest BCUT2D eigenvalue weighted by atomic mass is 16.5. The monoisotopic (exact) mass is 150 g/mol. The van der Waals surface area contributed by atoms with E-state index in [0.717, 1.165) is 25.1 Å². The minimum Gasteiger partial charge on any atom is -0.498 e. The second-order valence-corrected chi connectivity index (χ2v) is 2.91. The number of carbonyl (C=O) groups excluding carboxylic acids is 1. The van der Waals surface area contributed by atoms with Gasteiger partial charge in [0.2, 0.25) is 0 Å². The van der Waals surface area contributed by atoms with Gasteiger partial charge in [0, 0.05) is 11.8 Å². The predicted molar refractivity (Wildman–Crippen MR) is 40.8 cm³/mol. The smallest absolute Gasteiger partial charge is 0.127 e. The zero-order valence-corrected chi connectivity index (χ0v) is 6.19. The molecular formula is C9H10O2. The molecule has 0 aromatic heterocycles. The molecule has 1 fully saturated rings. The van der Waals surface area contributed by atoms with Gasteiger partial charge in [-0.1, -0.05) is 12.2 Å². The molecule has 58 valence electrons. The summed E-state index contributed by atoms with van der Waals surface area (Å²) in [5, 5.41) is 0. The Labute approximate surface area is 65.5 Å². The molecule has 0 amide bonds. The largest absolute Gasteiger partial charge is 0.498 e. The Kier molecular flexibility index (Phi) is 1.53. The van der Waals surface area contributed by atoms with Crippen LogP contribution in [0.5, 0.6) is 0 Å². The molecule has 1 heterocycles. The Bertz CT molecular complexity index is 228. The number of carbonyl (C=O) groups is 1. The second-order valence-electron chi connectivity index (χ2n) is 2.91. The average Bonchev–Trinajstić information content (AvgIpc) is 2.50. The van der Waals surface area contributed by atoms with Gasteiger partial charge in [0.05, 0.1) is 6.61 Å². The molecule has 0 saturated carbocycles. The van der Waals surface area contributed by atoms with Gasteiger partial charge in [-0.3, -0.25) is 0 Å². The molecule has 0 bridgehead atoms. The molecule has 11 heavy (non-hydrogen) atoms. The molecule has 1 saturated heterocycles. The molecular weight excluding hydrogens is 140 g/mol. The Morgan fingerprint density at radius 1 is 1.64 bits per heavy atom. The van der Waals surface area contributed by atoms with Crippen LogP contribution in [0.15, 0.2) is 24.0 Å². The van der Waals surface area contributed by atoms with Crippen LogP contribution in [-0.2, 0) is 9.53 Å². The Morgan fingerprint density at radius 2 is 2.55 bits per heavy atom. The van der Waals surface area contributed by atoms with E-state index in [1.165, 1.54) is 0 Å². The Morgan fingerprint density at radius 3 is 3.36 bits per heavy atom. The fourth-order valence-electron chi connectivity index (χ4n) is 1.66. The lowest BCUT2D eigenvalue weighted by atomic mass is 9.87. The van der Waals surface area contributed by atoms with E-state index in [-0.39, 0.29) is 5.92 Å². The topological polar surface area (TPSA) is 26.3 Å². The number of ether oxygens (including phenoxy) is 1. The zero-order valence-electron chi connectivity index (χ0n) is 6.19. The molecule has 2 nitrogen and oxygen atoms in total. The Hall–Kier alpha value is -1.05. The predicted octanol–water partition coefficient (Wildman–Crippen LogP) is 1.29. The zero-order chi connectivity index (χ0) is 7.68. The maximum absolute atomic E-state index is 10.6. The van der Waals surface area contributed by atoms with E-state index in [9.17, 15) is 4.79 Å².